The van der Waals surface area contributed by atoms with Crippen LogP contribution in [0.1, 0.15) is 24.7 Å². The number of benzene rings is 1. The van der Waals surface area contributed by atoms with Crippen LogP contribution in [0, 0.1) is 0 Å². The summed E-state index contributed by atoms with van der Waals surface area (Å²) in [7, 11) is 0. The number of aromatic nitrogens is 4. The Balaban J connectivity index is 1.41. The lowest BCUT2D eigenvalue weighted by Gasteiger charge is -2.13. The zero-order chi connectivity index (χ0) is 16.6. The first kappa shape index (κ1) is 16.3. The van der Waals surface area contributed by atoms with Crippen molar-refractivity contribution in [2.24, 2.45) is 0 Å². The number of hydrogen-bond acceptors (Lipinski definition) is 4. The standard InChI is InChI=1S/C19H23N5/c1-15(9-10-16-6-3-2-4-7-16)21-13-11-18-22-19(24-23-18)17-8-5-12-20-14-17/h2-8,12,14-15,21H,9-11,13H2,1H3,(H,22,23,24)/t15-/m1/s1. The average Bonchev–Trinajstić information content (AvgIpc) is 3.11. The number of H-pyrrole nitrogens is 1. The number of nitrogens with zero attached hydrogens (tertiary/aromatic N) is 3. The second kappa shape index (κ2) is 8.36. The van der Waals surface area contributed by atoms with Gasteiger partial charge in [0.1, 0.15) is 5.82 Å². The van der Waals surface area contributed by atoms with Gasteiger partial charge in [-0.3, -0.25) is 10.1 Å². The molecule has 2 aromatic heterocycles. The SMILES string of the molecule is C[C@H](CCc1ccccc1)NCCc1nc(-c2cccnc2)n[nH]1. The Labute approximate surface area is 142 Å². The molecule has 0 spiro atoms. The summed E-state index contributed by atoms with van der Waals surface area (Å²) in [5.41, 5.74) is 2.33. The van der Waals surface area contributed by atoms with E-state index < -0.39 is 0 Å². The normalized spacial score (nSPS) is 12.2. The Bertz CT molecular complexity index is 724. The molecule has 0 saturated carbocycles. The van der Waals surface area contributed by atoms with Crippen molar-refractivity contribution in [2.75, 3.05) is 6.54 Å². The van der Waals surface area contributed by atoms with Crippen LogP contribution in [0.3, 0.4) is 0 Å². The van der Waals surface area contributed by atoms with Crippen LogP contribution >= 0.6 is 0 Å². The number of aryl methyl sites for hydroxylation is 1. The van der Waals surface area contributed by atoms with Crippen LogP contribution in [0.2, 0.25) is 0 Å². The van der Waals surface area contributed by atoms with E-state index in [2.05, 4.69) is 62.7 Å². The lowest BCUT2D eigenvalue weighted by molar-refractivity contribution is 0.514. The maximum atomic E-state index is 4.52. The van der Waals surface area contributed by atoms with Crippen molar-refractivity contribution < 1.29 is 0 Å². The largest absolute Gasteiger partial charge is 0.314 e. The molecule has 0 amide bonds. The van der Waals surface area contributed by atoms with Crippen molar-refractivity contribution in [3.8, 4) is 11.4 Å². The molecule has 0 saturated heterocycles. The molecule has 0 radical (unpaired) electrons. The molecule has 0 aliphatic heterocycles. The van der Waals surface area contributed by atoms with E-state index in [1.807, 2.05) is 12.1 Å². The lowest BCUT2D eigenvalue weighted by Crippen LogP contribution is -2.28. The Morgan fingerprint density at radius 1 is 1.08 bits per heavy atom. The summed E-state index contributed by atoms with van der Waals surface area (Å²) >= 11 is 0. The molecule has 0 aliphatic rings. The van der Waals surface area contributed by atoms with Gasteiger partial charge in [0.05, 0.1) is 0 Å². The minimum atomic E-state index is 0.478. The number of pyridine rings is 1. The number of rotatable bonds is 8. The highest BCUT2D eigenvalue weighted by Gasteiger charge is 2.07. The van der Waals surface area contributed by atoms with Crippen molar-refractivity contribution in [1.29, 1.82) is 0 Å². The quantitative estimate of drug-likeness (QED) is 0.669. The van der Waals surface area contributed by atoms with Crippen LogP contribution < -0.4 is 5.32 Å². The smallest absolute Gasteiger partial charge is 0.182 e. The molecule has 5 heteroatoms. The van der Waals surface area contributed by atoms with Crippen molar-refractivity contribution in [1.82, 2.24) is 25.5 Å². The van der Waals surface area contributed by atoms with Crippen LogP contribution in [0.15, 0.2) is 54.9 Å². The molecule has 0 aliphatic carbocycles. The average molecular weight is 321 g/mol. The van der Waals surface area contributed by atoms with E-state index in [1.165, 1.54) is 5.56 Å². The fraction of sp³-hybridized carbons (Fsp3) is 0.316. The maximum Gasteiger partial charge on any atom is 0.182 e. The Morgan fingerprint density at radius 3 is 2.75 bits per heavy atom. The van der Waals surface area contributed by atoms with E-state index in [0.29, 0.717) is 11.9 Å². The summed E-state index contributed by atoms with van der Waals surface area (Å²) in [6.45, 7) is 3.11. The molecule has 5 nitrogen and oxygen atoms in total. The summed E-state index contributed by atoms with van der Waals surface area (Å²) in [6, 6.07) is 14.9. The topological polar surface area (TPSA) is 66.5 Å². The molecular weight excluding hydrogens is 298 g/mol. The molecule has 24 heavy (non-hydrogen) atoms. The highest BCUT2D eigenvalue weighted by Crippen LogP contribution is 2.12. The molecule has 124 valence electrons. The first-order chi connectivity index (χ1) is 11.8. The summed E-state index contributed by atoms with van der Waals surface area (Å²) in [5.74, 6) is 1.60. The van der Waals surface area contributed by atoms with E-state index in [1.54, 1.807) is 12.4 Å². The van der Waals surface area contributed by atoms with Crippen LogP contribution in [0.4, 0.5) is 0 Å². The van der Waals surface area contributed by atoms with Crippen molar-refractivity contribution in [2.45, 2.75) is 32.2 Å². The van der Waals surface area contributed by atoms with E-state index in [-0.39, 0.29) is 0 Å². The van der Waals surface area contributed by atoms with Crippen molar-refractivity contribution in [3.05, 3.63) is 66.2 Å². The molecule has 0 unspecified atom stereocenters. The third-order valence-corrected chi connectivity index (χ3v) is 4.01. The van der Waals surface area contributed by atoms with Crippen LogP contribution in [-0.4, -0.2) is 32.8 Å². The zero-order valence-electron chi connectivity index (χ0n) is 13.9. The van der Waals surface area contributed by atoms with Crippen molar-refractivity contribution in [3.63, 3.8) is 0 Å². The second-order valence-corrected chi connectivity index (χ2v) is 5.98. The third-order valence-electron chi connectivity index (χ3n) is 4.01. The molecule has 3 rings (SSSR count). The van der Waals surface area contributed by atoms with E-state index in [9.17, 15) is 0 Å². The fourth-order valence-electron chi connectivity index (χ4n) is 2.60. The summed E-state index contributed by atoms with van der Waals surface area (Å²) in [5, 5.41) is 10.8. The second-order valence-electron chi connectivity index (χ2n) is 5.98. The molecule has 3 aromatic rings. The Kier molecular flexibility index (Phi) is 5.69. The van der Waals surface area contributed by atoms with E-state index in [4.69, 9.17) is 0 Å². The van der Waals surface area contributed by atoms with Gasteiger partial charge in [-0.05, 0) is 37.5 Å². The first-order valence-corrected chi connectivity index (χ1v) is 8.40. The van der Waals surface area contributed by atoms with Crippen LogP contribution in [-0.2, 0) is 12.8 Å². The summed E-state index contributed by atoms with van der Waals surface area (Å²) in [4.78, 5) is 8.62. The van der Waals surface area contributed by atoms with Gasteiger partial charge in [-0.25, -0.2) is 4.98 Å². The minimum Gasteiger partial charge on any atom is -0.314 e. The lowest BCUT2D eigenvalue weighted by atomic mass is 10.1. The van der Waals surface area contributed by atoms with Gasteiger partial charge in [0.2, 0.25) is 0 Å². The third kappa shape index (κ3) is 4.73. The van der Waals surface area contributed by atoms with E-state index >= 15 is 0 Å². The summed E-state index contributed by atoms with van der Waals surface area (Å²) in [6.07, 6.45) is 6.58. The van der Waals surface area contributed by atoms with E-state index in [0.717, 1.165) is 37.2 Å². The maximum absolute atomic E-state index is 4.52. The minimum absolute atomic E-state index is 0.478. The predicted octanol–water partition coefficient (Wildman–Crippen LogP) is 3.02. The zero-order valence-corrected chi connectivity index (χ0v) is 13.9. The molecular formula is C19H23N5. The Hall–Kier alpha value is -2.53. The van der Waals surface area contributed by atoms with Gasteiger partial charge >= 0.3 is 0 Å². The number of hydrogen-bond donors (Lipinski definition) is 2. The number of aromatic amines is 1. The molecule has 0 bridgehead atoms. The van der Waals surface area contributed by atoms with Gasteiger partial charge in [-0.15, -0.1) is 0 Å². The molecule has 1 aromatic carbocycles. The van der Waals surface area contributed by atoms with Gasteiger partial charge in [-0.1, -0.05) is 30.3 Å². The first-order valence-electron chi connectivity index (χ1n) is 8.40. The predicted molar refractivity (Wildman–Crippen MR) is 95.5 cm³/mol. The van der Waals surface area contributed by atoms with Gasteiger partial charge in [0.25, 0.3) is 0 Å². The summed E-state index contributed by atoms with van der Waals surface area (Å²) < 4.78 is 0. The fourth-order valence-corrected chi connectivity index (χ4v) is 2.60. The van der Waals surface area contributed by atoms with Crippen molar-refractivity contribution >= 4 is 0 Å². The van der Waals surface area contributed by atoms with Gasteiger partial charge < -0.3 is 5.32 Å². The van der Waals surface area contributed by atoms with Gasteiger partial charge in [0, 0.05) is 37.0 Å². The molecule has 2 heterocycles. The molecule has 0 fully saturated rings. The highest BCUT2D eigenvalue weighted by atomic mass is 15.2. The van der Waals surface area contributed by atoms with Gasteiger partial charge in [0.15, 0.2) is 5.82 Å². The van der Waals surface area contributed by atoms with Gasteiger partial charge in [-0.2, -0.15) is 5.10 Å². The van der Waals surface area contributed by atoms with Crippen LogP contribution in [0.5, 0.6) is 0 Å². The Morgan fingerprint density at radius 2 is 1.96 bits per heavy atom. The highest BCUT2D eigenvalue weighted by molar-refractivity contribution is 5.52. The van der Waals surface area contributed by atoms with Crippen LogP contribution in [0.25, 0.3) is 11.4 Å². The monoisotopic (exact) mass is 321 g/mol. The molecule has 1 atom stereocenters. The number of nitrogens with one attached hydrogen (secondary N) is 2. The molecule has 2 N–H and O–H groups in total.